The highest BCUT2D eigenvalue weighted by molar-refractivity contribution is 5.82. The van der Waals surface area contributed by atoms with Crippen LogP contribution in [-0.2, 0) is 13.0 Å². The molecule has 2 aromatic rings. The van der Waals surface area contributed by atoms with Gasteiger partial charge < -0.3 is 14.8 Å². The fourth-order valence-corrected chi connectivity index (χ4v) is 2.58. The number of aliphatic hydroxyl groups is 1. The Morgan fingerprint density at radius 1 is 1.24 bits per heavy atom. The summed E-state index contributed by atoms with van der Waals surface area (Å²) >= 11 is 0. The largest absolute Gasteiger partial charge is 0.461 e. The van der Waals surface area contributed by atoms with Gasteiger partial charge in [-0.2, -0.15) is 0 Å². The van der Waals surface area contributed by atoms with Crippen molar-refractivity contribution in [3.8, 4) is 0 Å². The Bertz CT molecular complexity index is 572. The molecule has 1 heterocycles. The number of aryl methyl sites for hydroxylation is 1. The van der Waals surface area contributed by atoms with E-state index in [-0.39, 0.29) is 12.1 Å². The summed E-state index contributed by atoms with van der Waals surface area (Å²) in [7, 11) is 0. The van der Waals surface area contributed by atoms with Crippen LogP contribution < -0.4 is 5.32 Å². The first-order valence-corrected chi connectivity index (χ1v) is 7.92. The average molecular weight is 289 g/mol. The Kier molecular flexibility index (Phi) is 5.43. The molecule has 1 aromatic carbocycles. The second-order valence-electron chi connectivity index (χ2n) is 6.31. The average Bonchev–Trinajstić information content (AvgIpc) is 2.80. The van der Waals surface area contributed by atoms with E-state index in [1.807, 2.05) is 12.1 Å². The smallest absolute Gasteiger partial charge is 0.134 e. The monoisotopic (exact) mass is 289 g/mol. The highest BCUT2D eigenvalue weighted by Crippen LogP contribution is 2.27. The third-order valence-electron chi connectivity index (χ3n) is 4.02. The van der Waals surface area contributed by atoms with E-state index >= 15 is 0 Å². The maximum Gasteiger partial charge on any atom is 0.134 e. The van der Waals surface area contributed by atoms with Crippen LogP contribution in [0, 0.1) is 0 Å². The zero-order chi connectivity index (χ0) is 15.3. The van der Waals surface area contributed by atoms with Crippen LogP contribution in [0.4, 0.5) is 0 Å². The van der Waals surface area contributed by atoms with Crippen LogP contribution in [0.5, 0.6) is 0 Å². The van der Waals surface area contributed by atoms with E-state index in [0.717, 1.165) is 37.2 Å². The molecule has 0 amide bonds. The predicted molar refractivity (Wildman–Crippen MR) is 87.4 cm³/mol. The topological polar surface area (TPSA) is 45.4 Å². The molecular weight excluding hydrogens is 262 g/mol. The maximum absolute atomic E-state index is 9.14. The molecule has 2 rings (SSSR count). The van der Waals surface area contributed by atoms with Crippen LogP contribution >= 0.6 is 0 Å². The molecule has 0 radical (unpaired) electrons. The first-order chi connectivity index (χ1) is 10.1. The van der Waals surface area contributed by atoms with Gasteiger partial charge in [-0.05, 0) is 32.8 Å². The molecule has 21 heavy (non-hydrogen) atoms. The molecule has 0 unspecified atom stereocenters. The van der Waals surface area contributed by atoms with E-state index in [1.54, 1.807) is 0 Å². The zero-order valence-electron chi connectivity index (χ0n) is 13.4. The standard InChI is InChI=1S/C18H27NO2/c1-4-5-9-17-15(13-19-18(2,3)11-12-20)14-8-6-7-10-16(14)21-17/h6-8,10,19-20H,4-5,9,11-13H2,1-3H3. The number of nitrogens with one attached hydrogen (secondary N) is 1. The Morgan fingerprint density at radius 2 is 2.00 bits per heavy atom. The van der Waals surface area contributed by atoms with E-state index in [4.69, 9.17) is 9.52 Å². The second kappa shape index (κ2) is 7.10. The summed E-state index contributed by atoms with van der Waals surface area (Å²) in [6.07, 6.45) is 4.04. The maximum atomic E-state index is 9.14. The Hall–Kier alpha value is -1.32. The minimum absolute atomic E-state index is 0.0743. The molecule has 2 N–H and O–H groups in total. The summed E-state index contributed by atoms with van der Waals surface area (Å²) in [6.45, 7) is 7.43. The molecule has 0 atom stereocenters. The number of furan rings is 1. The third-order valence-corrected chi connectivity index (χ3v) is 4.02. The first-order valence-electron chi connectivity index (χ1n) is 7.92. The van der Waals surface area contributed by atoms with E-state index in [1.165, 1.54) is 17.4 Å². The number of unbranched alkanes of at least 4 members (excludes halogenated alkanes) is 1. The highest BCUT2D eigenvalue weighted by atomic mass is 16.3. The number of para-hydroxylation sites is 1. The molecule has 0 saturated heterocycles. The van der Waals surface area contributed by atoms with Crippen molar-refractivity contribution in [2.45, 2.75) is 58.5 Å². The highest BCUT2D eigenvalue weighted by Gasteiger charge is 2.19. The lowest BCUT2D eigenvalue weighted by molar-refractivity contribution is 0.230. The quantitative estimate of drug-likeness (QED) is 0.771. The number of aliphatic hydroxyl groups excluding tert-OH is 1. The van der Waals surface area contributed by atoms with Gasteiger partial charge in [-0.3, -0.25) is 0 Å². The SMILES string of the molecule is CCCCc1oc2ccccc2c1CNC(C)(C)CCO. The predicted octanol–water partition coefficient (Wildman–Crippen LogP) is 4.03. The van der Waals surface area contributed by atoms with Gasteiger partial charge in [-0.25, -0.2) is 0 Å². The molecule has 0 aliphatic carbocycles. The van der Waals surface area contributed by atoms with E-state index in [2.05, 4.69) is 38.2 Å². The number of hydrogen-bond donors (Lipinski definition) is 2. The van der Waals surface area contributed by atoms with Gasteiger partial charge in [-0.15, -0.1) is 0 Å². The number of fused-ring (bicyclic) bond motifs is 1. The van der Waals surface area contributed by atoms with Crippen LogP contribution in [0.25, 0.3) is 11.0 Å². The van der Waals surface area contributed by atoms with Gasteiger partial charge in [0.05, 0.1) is 0 Å². The fraction of sp³-hybridized carbons (Fsp3) is 0.556. The second-order valence-corrected chi connectivity index (χ2v) is 6.31. The molecule has 3 nitrogen and oxygen atoms in total. The summed E-state index contributed by atoms with van der Waals surface area (Å²) in [5.41, 5.74) is 2.17. The van der Waals surface area contributed by atoms with Crippen LogP contribution in [0.3, 0.4) is 0 Å². The van der Waals surface area contributed by atoms with Gasteiger partial charge in [0.1, 0.15) is 11.3 Å². The number of rotatable bonds is 8. The summed E-state index contributed by atoms with van der Waals surface area (Å²) < 4.78 is 6.04. The van der Waals surface area contributed by atoms with Crippen LogP contribution in [0.15, 0.2) is 28.7 Å². The third kappa shape index (κ3) is 4.08. The van der Waals surface area contributed by atoms with Crippen LogP contribution in [0.2, 0.25) is 0 Å². The molecule has 0 aliphatic heterocycles. The van der Waals surface area contributed by atoms with Gasteiger partial charge in [0, 0.05) is 36.1 Å². The molecular formula is C18H27NO2. The lowest BCUT2D eigenvalue weighted by Gasteiger charge is -2.25. The molecule has 0 fully saturated rings. The van der Waals surface area contributed by atoms with Gasteiger partial charge in [0.25, 0.3) is 0 Å². The fourth-order valence-electron chi connectivity index (χ4n) is 2.58. The molecule has 0 spiro atoms. The molecule has 0 bridgehead atoms. The van der Waals surface area contributed by atoms with Crippen molar-refractivity contribution < 1.29 is 9.52 Å². The Balaban J connectivity index is 2.23. The number of hydrogen-bond acceptors (Lipinski definition) is 3. The normalized spacial score (nSPS) is 12.2. The molecule has 0 aliphatic rings. The van der Waals surface area contributed by atoms with Crippen LogP contribution in [-0.4, -0.2) is 17.3 Å². The molecule has 116 valence electrons. The first kappa shape index (κ1) is 16.1. The molecule has 3 heteroatoms. The van der Waals surface area contributed by atoms with Crippen molar-refractivity contribution >= 4 is 11.0 Å². The lowest BCUT2D eigenvalue weighted by Crippen LogP contribution is -2.39. The van der Waals surface area contributed by atoms with Crippen molar-refractivity contribution in [2.24, 2.45) is 0 Å². The van der Waals surface area contributed by atoms with Gasteiger partial charge >= 0.3 is 0 Å². The number of benzene rings is 1. The van der Waals surface area contributed by atoms with Crippen molar-refractivity contribution in [3.05, 3.63) is 35.6 Å². The Morgan fingerprint density at radius 3 is 2.71 bits per heavy atom. The van der Waals surface area contributed by atoms with Gasteiger partial charge in [-0.1, -0.05) is 31.5 Å². The zero-order valence-corrected chi connectivity index (χ0v) is 13.4. The van der Waals surface area contributed by atoms with Crippen molar-refractivity contribution in [2.75, 3.05) is 6.61 Å². The van der Waals surface area contributed by atoms with Gasteiger partial charge in [0.2, 0.25) is 0 Å². The molecule has 1 aromatic heterocycles. The summed E-state index contributed by atoms with van der Waals surface area (Å²) in [6, 6.07) is 8.24. The molecule has 0 saturated carbocycles. The minimum atomic E-state index is -0.0743. The van der Waals surface area contributed by atoms with E-state index in [9.17, 15) is 0 Å². The Labute approximate surface area is 127 Å². The van der Waals surface area contributed by atoms with Crippen molar-refractivity contribution in [1.82, 2.24) is 5.32 Å². The lowest BCUT2D eigenvalue weighted by atomic mass is 10.00. The van der Waals surface area contributed by atoms with E-state index < -0.39 is 0 Å². The van der Waals surface area contributed by atoms with Crippen LogP contribution in [0.1, 0.15) is 51.4 Å². The van der Waals surface area contributed by atoms with Gasteiger partial charge in [0.15, 0.2) is 0 Å². The summed E-state index contributed by atoms with van der Waals surface area (Å²) in [5, 5.41) is 13.9. The summed E-state index contributed by atoms with van der Waals surface area (Å²) in [5.74, 6) is 1.10. The van der Waals surface area contributed by atoms with Crippen molar-refractivity contribution in [1.29, 1.82) is 0 Å². The van der Waals surface area contributed by atoms with Crippen molar-refractivity contribution in [3.63, 3.8) is 0 Å². The minimum Gasteiger partial charge on any atom is -0.461 e. The summed E-state index contributed by atoms with van der Waals surface area (Å²) in [4.78, 5) is 0. The van der Waals surface area contributed by atoms with E-state index in [0.29, 0.717) is 0 Å².